The minimum atomic E-state index is -0.930. The Morgan fingerprint density at radius 1 is 1.20 bits per heavy atom. The standard InChI is InChI=1S/C16H17NO3/c18-14-5-6-16(7-8-16)9-13(14)17-10-11-1-3-12(4-2-11)15(19)20/h1-4H,5-10H2,(H,19,20). The number of aliphatic imine (C=N–C) groups is 1. The Morgan fingerprint density at radius 2 is 1.90 bits per heavy atom. The van der Waals surface area contributed by atoms with Crippen LogP contribution in [0, 0.1) is 5.41 Å². The van der Waals surface area contributed by atoms with Crippen LogP contribution in [0.1, 0.15) is 48.0 Å². The molecule has 0 amide bonds. The number of hydrogen-bond donors (Lipinski definition) is 1. The highest BCUT2D eigenvalue weighted by molar-refractivity contribution is 6.40. The second-order valence-electron chi connectivity index (χ2n) is 5.86. The summed E-state index contributed by atoms with van der Waals surface area (Å²) in [4.78, 5) is 27.1. The zero-order valence-corrected chi connectivity index (χ0v) is 11.3. The molecule has 1 spiro atoms. The number of carbonyl (C=O) groups excluding carboxylic acids is 1. The fourth-order valence-corrected chi connectivity index (χ4v) is 2.75. The molecule has 104 valence electrons. The summed E-state index contributed by atoms with van der Waals surface area (Å²) in [5.41, 5.74) is 2.33. The van der Waals surface area contributed by atoms with Gasteiger partial charge in [0.05, 0.1) is 17.8 Å². The Kier molecular flexibility index (Phi) is 3.16. The molecule has 2 fully saturated rings. The van der Waals surface area contributed by atoms with E-state index in [4.69, 9.17) is 5.11 Å². The van der Waals surface area contributed by atoms with E-state index < -0.39 is 5.97 Å². The van der Waals surface area contributed by atoms with E-state index in [-0.39, 0.29) is 11.3 Å². The van der Waals surface area contributed by atoms with Crippen molar-refractivity contribution in [1.29, 1.82) is 0 Å². The molecule has 0 heterocycles. The predicted molar refractivity (Wildman–Crippen MR) is 75.1 cm³/mol. The Hall–Kier alpha value is -1.97. The van der Waals surface area contributed by atoms with Crippen molar-refractivity contribution in [3.05, 3.63) is 35.4 Å². The fraction of sp³-hybridized carbons (Fsp3) is 0.438. The van der Waals surface area contributed by atoms with Crippen molar-refractivity contribution in [2.45, 2.75) is 38.6 Å². The number of hydrogen-bond acceptors (Lipinski definition) is 3. The Morgan fingerprint density at radius 3 is 2.50 bits per heavy atom. The molecule has 1 aromatic carbocycles. The van der Waals surface area contributed by atoms with Crippen molar-refractivity contribution >= 4 is 17.5 Å². The lowest BCUT2D eigenvalue weighted by molar-refractivity contribution is -0.114. The van der Waals surface area contributed by atoms with Gasteiger partial charge in [0.2, 0.25) is 0 Å². The third-order valence-corrected chi connectivity index (χ3v) is 4.36. The molecule has 0 radical (unpaired) electrons. The second-order valence-corrected chi connectivity index (χ2v) is 5.86. The van der Waals surface area contributed by atoms with Crippen LogP contribution in [0.3, 0.4) is 0 Å². The van der Waals surface area contributed by atoms with E-state index in [1.54, 1.807) is 24.3 Å². The lowest BCUT2D eigenvalue weighted by atomic mass is 9.84. The molecule has 4 nitrogen and oxygen atoms in total. The minimum absolute atomic E-state index is 0.185. The minimum Gasteiger partial charge on any atom is -0.478 e. The summed E-state index contributed by atoms with van der Waals surface area (Å²) in [6, 6.07) is 6.66. The van der Waals surface area contributed by atoms with Crippen molar-refractivity contribution < 1.29 is 14.7 Å². The van der Waals surface area contributed by atoms with E-state index in [2.05, 4.69) is 4.99 Å². The highest BCUT2D eigenvalue weighted by Crippen LogP contribution is 2.54. The molecule has 1 N–H and O–H groups in total. The topological polar surface area (TPSA) is 66.7 Å². The quantitative estimate of drug-likeness (QED) is 0.919. The number of carbonyl (C=O) groups is 2. The Labute approximate surface area is 117 Å². The van der Waals surface area contributed by atoms with E-state index in [1.807, 2.05) is 0 Å². The first kappa shape index (κ1) is 13.0. The molecule has 1 aromatic rings. The van der Waals surface area contributed by atoms with Crippen LogP contribution in [-0.4, -0.2) is 22.6 Å². The third kappa shape index (κ3) is 2.64. The van der Waals surface area contributed by atoms with E-state index in [1.165, 1.54) is 12.8 Å². The van der Waals surface area contributed by atoms with Crippen molar-refractivity contribution in [2.24, 2.45) is 10.4 Å². The van der Waals surface area contributed by atoms with Gasteiger partial charge in [0.1, 0.15) is 0 Å². The largest absolute Gasteiger partial charge is 0.478 e. The van der Waals surface area contributed by atoms with Gasteiger partial charge in [0.25, 0.3) is 0 Å². The second kappa shape index (κ2) is 4.85. The van der Waals surface area contributed by atoms with Crippen LogP contribution in [0.2, 0.25) is 0 Å². The number of nitrogens with zero attached hydrogens (tertiary/aromatic N) is 1. The van der Waals surface area contributed by atoms with E-state index in [9.17, 15) is 9.59 Å². The van der Waals surface area contributed by atoms with Gasteiger partial charge in [-0.1, -0.05) is 12.1 Å². The first-order valence-corrected chi connectivity index (χ1v) is 6.97. The maximum absolute atomic E-state index is 11.9. The summed E-state index contributed by atoms with van der Waals surface area (Å²) >= 11 is 0. The molecular weight excluding hydrogens is 254 g/mol. The summed E-state index contributed by atoms with van der Waals surface area (Å²) in [5.74, 6) is -0.745. The lowest BCUT2D eigenvalue weighted by Crippen LogP contribution is -2.26. The number of benzene rings is 1. The highest BCUT2D eigenvalue weighted by atomic mass is 16.4. The number of carboxylic acid groups (broad SMARTS) is 1. The molecule has 2 aliphatic carbocycles. The number of rotatable bonds is 3. The van der Waals surface area contributed by atoms with Crippen LogP contribution in [0.5, 0.6) is 0 Å². The zero-order valence-electron chi connectivity index (χ0n) is 11.3. The first-order valence-electron chi connectivity index (χ1n) is 6.97. The fourth-order valence-electron chi connectivity index (χ4n) is 2.75. The molecule has 2 aliphatic rings. The maximum atomic E-state index is 11.9. The van der Waals surface area contributed by atoms with Crippen LogP contribution >= 0.6 is 0 Å². The first-order chi connectivity index (χ1) is 9.58. The van der Waals surface area contributed by atoms with E-state index >= 15 is 0 Å². The smallest absolute Gasteiger partial charge is 0.335 e. The molecule has 0 aromatic heterocycles. The van der Waals surface area contributed by atoms with Gasteiger partial charge in [-0.3, -0.25) is 9.79 Å². The number of carboxylic acids is 1. The summed E-state index contributed by atoms with van der Waals surface area (Å²) < 4.78 is 0. The molecule has 0 unspecified atom stereocenters. The summed E-state index contributed by atoms with van der Waals surface area (Å²) in [6.45, 7) is 0.455. The Bertz CT molecular complexity index is 582. The van der Waals surface area contributed by atoms with Crippen LogP contribution < -0.4 is 0 Å². The van der Waals surface area contributed by atoms with Gasteiger partial charge >= 0.3 is 5.97 Å². The van der Waals surface area contributed by atoms with Crippen molar-refractivity contribution in [2.75, 3.05) is 0 Å². The van der Waals surface area contributed by atoms with Gasteiger partial charge < -0.3 is 5.11 Å². The van der Waals surface area contributed by atoms with Gasteiger partial charge in [0, 0.05) is 6.42 Å². The maximum Gasteiger partial charge on any atom is 0.335 e. The molecule has 2 saturated carbocycles. The van der Waals surface area contributed by atoms with Crippen molar-refractivity contribution in [3.8, 4) is 0 Å². The van der Waals surface area contributed by atoms with Crippen LogP contribution in [0.15, 0.2) is 29.3 Å². The lowest BCUT2D eigenvalue weighted by Gasteiger charge is -2.21. The molecule has 4 heteroatoms. The Balaban J connectivity index is 1.69. The van der Waals surface area contributed by atoms with Crippen molar-refractivity contribution in [1.82, 2.24) is 0 Å². The van der Waals surface area contributed by atoms with E-state index in [0.717, 1.165) is 24.1 Å². The number of aromatic carboxylic acids is 1. The predicted octanol–water partition coefficient (Wildman–Crippen LogP) is 2.86. The molecule has 0 saturated heterocycles. The molecular formula is C16H17NO3. The van der Waals surface area contributed by atoms with Crippen LogP contribution in [-0.2, 0) is 11.3 Å². The normalized spacial score (nSPS) is 22.2. The number of Topliss-reactive ketones (excluding diaryl/α,β-unsaturated/α-hetero) is 1. The zero-order chi connectivity index (χ0) is 14.2. The molecule has 20 heavy (non-hydrogen) atoms. The monoisotopic (exact) mass is 271 g/mol. The molecule has 3 rings (SSSR count). The van der Waals surface area contributed by atoms with E-state index in [0.29, 0.717) is 18.4 Å². The number of ketones is 1. The summed E-state index contributed by atoms with van der Waals surface area (Å²) in [7, 11) is 0. The molecule has 0 bridgehead atoms. The van der Waals surface area contributed by atoms with Gasteiger partial charge in [-0.05, 0) is 48.8 Å². The summed E-state index contributed by atoms with van der Waals surface area (Å²) in [5, 5.41) is 8.84. The van der Waals surface area contributed by atoms with Crippen LogP contribution in [0.25, 0.3) is 0 Å². The molecule has 0 atom stereocenters. The average Bonchev–Trinajstić information content (AvgIpc) is 3.20. The third-order valence-electron chi connectivity index (χ3n) is 4.36. The van der Waals surface area contributed by atoms with Gasteiger partial charge in [-0.15, -0.1) is 0 Å². The van der Waals surface area contributed by atoms with Gasteiger partial charge in [-0.25, -0.2) is 4.79 Å². The average molecular weight is 271 g/mol. The van der Waals surface area contributed by atoms with Crippen LogP contribution in [0.4, 0.5) is 0 Å². The van der Waals surface area contributed by atoms with Gasteiger partial charge in [0.15, 0.2) is 5.78 Å². The van der Waals surface area contributed by atoms with Gasteiger partial charge in [-0.2, -0.15) is 0 Å². The summed E-state index contributed by atoms with van der Waals surface area (Å²) in [6.07, 6.45) is 4.95. The van der Waals surface area contributed by atoms with Crippen molar-refractivity contribution in [3.63, 3.8) is 0 Å². The highest BCUT2D eigenvalue weighted by Gasteiger charge is 2.46. The molecule has 0 aliphatic heterocycles. The SMILES string of the molecule is O=C1CCC2(CC2)CC1=NCc1ccc(C(=O)O)cc1.